The predicted octanol–water partition coefficient (Wildman–Crippen LogP) is -3.81. The van der Waals surface area contributed by atoms with Crippen LogP contribution in [-0.2, 0) is 0 Å². The smallest absolute Gasteiger partial charge is 0 e. The third-order valence-corrected chi connectivity index (χ3v) is 0.889. The molecule has 0 unspecified atom stereocenters. The van der Waals surface area contributed by atoms with Crippen LogP contribution >= 0.6 is 0 Å². The molecule has 0 N–H and O–H groups in total. The molecule has 1 aliphatic rings. The van der Waals surface area contributed by atoms with Crippen LogP contribution in [0.25, 0.3) is 0 Å². The monoisotopic (exact) mass is 110 g/mol. The van der Waals surface area contributed by atoms with Gasteiger partial charge in [-0.25, -0.2) is 0 Å². The van der Waals surface area contributed by atoms with Gasteiger partial charge in [0, 0.05) is 73.3 Å². The van der Waals surface area contributed by atoms with Crippen LogP contribution in [0.1, 0.15) is 0 Å². The fourth-order valence-electron chi connectivity index (χ4n) is 0.513. The minimum atomic E-state index is 0. The summed E-state index contributed by atoms with van der Waals surface area (Å²) < 4.78 is 0. The first-order chi connectivity index (χ1) is 4.00. The first kappa shape index (κ1) is 13.3. The molecule has 0 bridgehead atoms. The van der Waals surface area contributed by atoms with Gasteiger partial charge in [-0.15, -0.1) is 0 Å². The lowest BCUT2D eigenvalue weighted by molar-refractivity contribution is 3.76. The molecule has 14 radical (unpaired) electrons. The van der Waals surface area contributed by atoms with Gasteiger partial charge < -0.3 is 0 Å². The molecule has 1 fully saturated rings. The standard InChI is InChI=1S/B8.2B/c1-2-4-6-8-7-5-3-1;;. The highest BCUT2D eigenvalue weighted by Gasteiger charge is 2.01. The van der Waals surface area contributed by atoms with Crippen LogP contribution in [0.4, 0.5) is 0 Å². The summed E-state index contributed by atoms with van der Waals surface area (Å²) in [7, 11) is 16.0. The molecule has 0 aromatic carbocycles. The largest absolute Gasteiger partial charge is 0 e. The van der Waals surface area contributed by atoms with Gasteiger partial charge in [0.25, 0.3) is 0 Å². The number of hydrogen-bond acceptors (Lipinski definition) is 0. The fraction of sp³-hybridized carbons (Fsp3) is 0. The summed E-state index contributed by atoms with van der Waals surface area (Å²) in [6.45, 7) is 0. The Labute approximate surface area is 73.8 Å². The Morgan fingerprint density at radius 3 is 0.500 bits per heavy atom. The SMILES string of the molecule is [B].[B].[B]1[B][B][B][B][B][B][B]1. The average molecular weight is 108 g/mol. The Morgan fingerprint density at radius 2 is 0.400 bits per heavy atom. The Bertz CT molecular complexity index is 24.0. The Balaban J connectivity index is 0. The van der Waals surface area contributed by atoms with Crippen molar-refractivity contribution >= 4 is 73.3 Å². The first-order valence-corrected chi connectivity index (χ1v) is 2.67. The maximum absolute atomic E-state index is 2.00. The van der Waals surface area contributed by atoms with Crippen LogP contribution in [0.2, 0.25) is 0 Å². The van der Waals surface area contributed by atoms with Crippen molar-refractivity contribution in [2.75, 3.05) is 0 Å². The summed E-state index contributed by atoms with van der Waals surface area (Å²) in [5.41, 5.74) is 0. The average Bonchev–Trinajstić information content (AvgIpc) is 1.62. The number of hydrogen-bond donors (Lipinski definition) is 0. The van der Waals surface area contributed by atoms with Crippen LogP contribution in [0, 0.1) is 0 Å². The van der Waals surface area contributed by atoms with Gasteiger partial charge in [0.15, 0.2) is 0 Å². The molecular weight excluding hydrogens is 108 g/mol. The van der Waals surface area contributed by atoms with E-state index in [-0.39, 0.29) is 16.8 Å². The van der Waals surface area contributed by atoms with Gasteiger partial charge in [0.1, 0.15) is 0 Å². The van der Waals surface area contributed by atoms with E-state index in [1.54, 1.807) is 0 Å². The summed E-state index contributed by atoms with van der Waals surface area (Å²) in [6, 6.07) is 0. The fourth-order valence-corrected chi connectivity index (χ4v) is 0.513. The normalized spacial score (nSPS) is 12.8. The Hall–Kier alpha value is 0.649. The minimum absolute atomic E-state index is 0. The minimum Gasteiger partial charge on any atom is 0 e. The molecule has 0 nitrogen and oxygen atoms in total. The maximum atomic E-state index is 2.00. The Kier molecular flexibility index (Phi) is 12.8. The van der Waals surface area contributed by atoms with Gasteiger partial charge >= 0.3 is 0 Å². The van der Waals surface area contributed by atoms with E-state index in [1.165, 1.54) is 0 Å². The summed E-state index contributed by atoms with van der Waals surface area (Å²) in [4.78, 5) is 0. The molecule has 1 rings (SSSR count). The molecule has 1 heterocycles. The van der Waals surface area contributed by atoms with Gasteiger partial charge in [-0.2, -0.15) is 0 Å². The summed E-state index contributed by atoms with van der Waals surface area (Å²) in [6.07, 6.45) is 0. The van der Waals surface area contributed by atoms with E-state index >= 15 is 0 Å². The van der Waals surface area contributed by atoms with Crippen molar-refractivity contribution in [3.05, 3.63) is 0 Å². The maximum Gasteiger partial charge on any atom is 0 e. The molecule has 1 saturated heterocycles. The Morgan fingerprint density at radius 1 is 0.300 bits per heavy atom. The van der Waals surface area contributed by atoms with Gasteiger partial charge in [-0.05, 0) is 0 Å². The van der Waals surface area contributed by atoms with Crippen LogP contribution in [0.5, 0.6) is 0 Å². The van der Waals surface area contributed by atoms with E-state index in [0.29, 0.717) is 0 Å². The van der Waals surface area contributed by atoms with Crippen molar-refractivity contribution in [3.8, 4) is 0 Å². The van der Waals surface area contributed by atoms with E-state index in [4.69, 9.17) is 0 Å². The quantitative estimate of drug-likeness (QED) is 0.279. The lowest BCUT2D eigenvalue weighted by atomic mass is 8.81. The second-order valence-corrected chi connectivity index (χ2v) is 1.54. The summed E-state index contributed by atoms with van der Waals surface area (Å²) in [5.74, 6) is 0. The van der Waals surface area contributed by atoms with Crippen molar-refractivity contribution < 1.29 is 0 Å². The van der Waals surface area contributed by atoms with Gasteiger partial charge in [-0.3, -0.25) is 0 Å². The topological polar surface area (TPSA) is 0 Å². The molecule has 30 valence electrons. The van der Waals surface area contributed by atoms with Gasteiger partial charge in [0.2, 0.25) is 0 Å². The molecule has 0 amide bonds. The molecule has 10 heteroatoms. The van der Waals surface area contributed by atoms with Gasteiger partial charge in [0.05, 0.1) is 0 Å². The zero-order valence-electron chi connectivity index (χ0n) is 5.77. The van der Waals surface area contributed by atoms with Crippen molar-refractivity contribution in [2.24, 2.45) is 0 Å². The van der Waals surface area contributed by atoms with Crippen LogP contribution in [0.15, 0.2) is 0 Å². The van der Waals surface area contributed by atoms with Crippen LogP contribution in [-0.4, -0.2) is 73.3 Å². The lowest BCUT2D eigenvalue weighted by Gasteiger charge is -2.00. The molecule has 0 spiro atoms. The molecule has 0 atom stereocenters. The lowest BCUT2D eigenvalue weighted by Crippen LogP contribution is -2.38. The van der Waals surface area contributed by atoms with Crippen molar-refractivity contribution in [1.82, 2.24) is 0 Å². The van der Waals surface area contributed by atoms with E-state index in [0.717, 1.165) is 0 Å². The zero-order chi connectivity index (χ0) is 5.66. The second kappa shape index (κ2) is 9.65. The van der Waals surface area contributed by atoms with E-state index < -0.39 is 0 Å². The molecule has 0 saturated carbocycles. The second-order valence-electron chi connectivity index (χ2n) is 1.54. The number of rotatable bonds is 0. The molecule has 10 heavy (non-hydrogen) atoms. The van der Waals surface area contributed by atoms with E-state index in [2.05, 4.69) is 0 Å². The highest BCUT2D eigenvalue weighted by atomic mass is 12.8. The molecule has 0 aromatic rings. The first-order valence-electron chi connectivity index (χ1n) is 2.67. The summed E-state index contributed by atoms with van der Waals surface area (Å²) >= 11 is 0. The van der Waals surface area contributed by atoms with Crippen LogP contribution in [0.3, 0.4) is 0 Å². The van der Waals surface area contributed by atoms with Crippen molar-refractivity contribution in [2.45, 2.75) is 0 Å². The molecule has 1 aliphatic heterocycles. The third kappa shape index (κ3) is 6.76. The van der Waals surface area contributed by atoms with E-state index in [1.807, 2.05) is 56.5 Å². The molecular formula is B10. The highest BCUT2D eigenvalue weighted by Crippen LogP contribution is 1.62. The highest BCUT2D eigenvalue weighted by molar-refractivity contribution is 7.76. The van der Waals surface area contributed by atoms with Gasteiger partial charge in [-0.1, -0.05) is 0 Å². The third-order valence-electron chi connectivity index (χ3n) is 0.889. The summed E-state index contributed by atoms with van der Waals surface area (Å²) in [5, 5.41) is 0. The van der Waals surface area contributed by atoms with Crippen molar-refractivity contribution in [1.29, 1.82) is 0 Å². The zero-order valence-corrected chi connectivity index (χ0v) is 5.77. The molecule has 0 aliphatic carbocycles. The van der Waals surface area contributed by atoms with Crippen molar-refractivity contribution in [3.63, 3.8) is 0 Å². The molecule has 0 aromatic heterocycles. The van der Waals surface area contributed by atoms with E-state index in [9.17, 15) is 0 Å². The predicted molar refractivity (Wildman–Crippen MR) is 57.5 cm³/mol. The van der Waals surface area contributed by atoms with Crippen LogP contribution < -0.4 is 0 Å².